The lowest BCUT2D eigenvalue weighted by molar-refractivity contribution is -0.122. The number of nitrogens with zero attached hydrogens (tertiary/aromatic N) is 2. The predicted molar refractivity (Wildman–Crippen MR) is 156 cm³/mol. The Morgan fingerprint density at radius 1 is 0.585 bits per heavy atom. The Morgan fingerprint density at radius 2 is 1.02 bits per heavy atom. The molecule has 9 nitrogen and oxygen atoms in total. The molecule has 0 saturated carbocycles. The van der Waals surface area contributed by atoms with Crippen molar-refractivity contribution in [3.05, 3.63) is 73.1 Å². The SMILES string of the molecule is C[C@@]1(COc2cccc3cccnc23)COCCOC[C@@](C)(COc2cccc3cccnc23)OCCOCCO1. The van der Waals surface area contributed by atoms with Gasteiger partial charge in [0, 0.05) is 23.2 Å². The number of pyridine rings is 2. The second-order valence-electron chi connectivity index (χ2n) is 10.6. The van der Waals surface area contributed by atoms with Crippen molar-refractivity contribution in [1.82, 2.24) is 9.97 Å². The second kappa shape index (κ2) is 14.0. The first-order valence-electron chi connectivity index (χ1n) is 14.0. The maximum atomic E-state index is 6.20. The average Bonchev–Trinajstić information content (AvgIpc) is 3.00. The molecular formula is C32H38N2O7. The Labute approximate surface area is 240 Å². The Hall–Kier alpha value is -3.34. The minimum atomic E-state index is -0.689. The molecule has 3 heterocycles. The smallest absolute Gasteiger partial charge is 0.145 e. The molecule has 9 heteroatoms. The molecule has 0 aliphatic carbocycles. The molecule has 2 aromatic heterocycles. The number of rotatable bonds is 6. The van der Waals surface area contributed by atoms with Crippen molar-refractivity contribution in [2.45, 2.75) is 25.0 Å². The zero-order valence-electron chi connectivity index (χ0n) is 23.8. The lowest BCUT2D eigenvalue weighted by Gasteiger charge is -2.30. The first kappa shape index (κ1) is 29.2. The summed E-state index contributed by atoms with van der Waals surface area (Å²) in [7, 11) is 0. The zero-order valence-corrected chi connectivity index (χ0v) is 23.8. The number of aromatic nitrogens is 2. The Balaban J connectivity index is 1.16. The summed E-state index contributed by atoms with van der Waals surface area (Å²) >= 11 is 0. The highest BCUT2D eigenvalue weighted by atomic mass is 16.6. The van der Waals surface area contributed by atoms with Gasteiger partial charge in [0.1, 0.15) is 46.9 Å². The van der Waals surface area contributed by atoms with Gasteiger partial charge in [-0.25, -0.2) is 0 Å². The maximum absolute atomic E-state index is 6.20. The molecule has 1 aliphatic rings. The number of hydrogen-bond acceptors (Lipinski definition) is 9. The summed E-state index contributed by atoms with van der Waals surface area (Å²) in [5.41, 5.74) is 0.256. The molecule has 4 aromatic rings. The van der Waals surface area contributed by atoms with Crippen LogP contribution in [-0.2, 0) is 23.7 Å². The van der Waals surface area contributed by atoms with Crippen LogP contribution in [0.5, 0.6) is 11.5 Å². The van der Waals surface area contributed by atoms with Gasteiger partial charge in [0.2, 0.25) is 0 Å². The monoisotopic (exact) mass is 562 g/mol. The van der Waals surface area contributed by atoms with Crippen LogP contribution in [0.15, 0.2) is 73.1 Å². The number of ether oxygens (including phenoxy) is 7. The summed E-state index contributed by atoms with van der Waals surface area (Å²) in [4.78, 5) is 8.95. The lowest BCUT2D eigenvalue weighted by Crippen LogP contribution is -2.42. The molecule has 0 N–H and O–H groups in total. The van der Waals surface area contributed by atoms with E-state index in [4.69, 9.17) is 33.2 Å². The number of benzene rings is 2. The fourth-order valence-corrected chi connectivity index (χ4v) is 4.59. The van der Waals surface area contributed by atoms with E-state index in [9.17, 15) is 0 Å². The van der Waals surface area contributed by atoms with Gasteiger partial charge in [-0.2, -0.15) is 0 Å². The fraction of sp³-hybridized carbons (Fsp3) is 0.438. The van der Waals surface area contributed by atoms with Crippen molar-refractivity contribution in [2.24, 2.45) is 0 Å². The molecule has 1 fully saturated rings. The first-order chi connectivity index (χ1) is 20.0. The minimum absolute atomic E-state index is 0.297. The highest BCUT2D eigenvalue weighted by Crippen LogP contribution is 2.26. The third-order valence-electron chi connectivity index (χ3n) is 6.80. The average molecular weight is 563 g/mol. The van der Waals surface area contributed by atoms with Crippen molar-refractivity contribution in [3.63, 3.8) is 0 Å². The molecular weight excluding hydrogens is 524 g/mol. The molecule has 0 unspecified atom stereocenters. The molecule has 1 saturated heterocycles. The van der Waals surface area contributed by atoms with Gasteiger partial charge in [0.25, 0.3) is 0 Å². The summed E-state index contributed by atoms with van der Waals surface area (Å²) in [6, 6.07) is 19.6. The number of para-hydroxylation sites is 2. The van der Waals surface area contributed by atoms with Crippen molar-refractivity contribution in [3.8, 4) is 11.5 Å². The summed E-state index contributed by atoms with van der Waals surface area (Å²) in [6.45, 7) is 7.62. The van der Waals surface area contributed by atoms with E-state index in [0.717, 1.165) is 21.8 Å². The van der Waals surface area contributed by atoms with Crippen LogP contribution in [0.4, 0.5) is 0 Å². The molecule has 41 heavy (non-hydrogen) atoms. The van der Waals surface area contributed by atoms with Gasteiger partial charge in [0.05, 0.1) is 52.9 Å². The first-order valence-corrected chi connectivity index (χ1v) is 14.0. The highest BCUT2D eigenvalue weighted by molar-refractivity contribution is 5.84. The van der Waals surface area contributed by atoms with E-state index in [1.165, 1.54) is 0 Å². The van der Waals surface area contributed by atoms with Gasteiger partial charge in [-0.05, 0) is 38.1 Å². The molecule has 2 aromatic carbocycles. The maximum Gasteiger partial charge on any atom is 0.145 e. The summed E-state index contributed by atoms with van der Waals surface area (Å²) in [6.07, 6.45) is 3.53. The van der Waals surface area contributed by atoms with E-state index in [0.29, 0.717) is 77.6 Å². The Kier molecular flexibility index (Phi) is 9.97. The zero-order chi connectivity index (χ0) is 28.4. The molecule has 0 bridgehead atoms. The van der Waals surface area contributed by atoms with E-state index in [2.05, 4.69) is 9.97 Å². The molecule has 1 aliphatic heterocycles. The third kappa shape index (κ3) is 8.12. The van der Waals surface area contributed by atoms with Gasteiger partial charge in [-0.3, -0.25) is 9.97 Å². The molecule has 0 radical (unpaired) electrons. The minimum Gasteiger partial charge on any atom is -0.488 e. The third-order valence-corrected chi connectivity index (χ3v) is 6.80. The summed E-state index contributed by atoms with van der Waals surface area (Å²) < 4.78 is 42.5. The number of hydrogen-bond donors (Lipinski definition) is 0. The predicted octanol–water partition coefficient (Wildman–Crippen LogP) is 4.85. The van der Waals surface area contributed by atoms with E-state index in [1.54, 1.807) is 12.4 Å². The molecule has 5 rings (SSSR count). The van der Waals surface area contributed by atoms with Crippen LogP contribution >= 0.6 is 0 Å². The molecule has 2 atom stereocenters. The van der Waals surface area contributed by atoms with Gasteiger partial charge >= 0.3 is 0 Å². The Morgan fingerprint density at radius 3 is 1.51 bits per heavy atom. The molecule has 218 valence electrons. The summed E-state index contributed by atoms with van der Waals surface area (Å²) in [5, 5.41) is 2.04. The van der Waals surface area contributed by atoms with E-state index < -0.39 is 11.2 Å². The van der Waals surface area contributed by atoms with Gasteiger partial charge < -0.3 is 33.2 Å². The molecule has 0 amide bonds. The van der Waals surface area contributed by atoms with E-state index >= 15 is 0 Å². The lowest BCUT2D eigenvalue weighted by atomic mass is 10.1. The normalized spacial score (nSPS) is 23.5. The quantitative estimate of drug-likeness (QED) is 0.327. The summed E-state index contributed by atoms with van der Waals surface area (Å²) in [5.74, 6) is 1.42. The van der Waals surface area contributed by atoms with Crippen LogP contribution in [0.25, 0.3) is 21.8 Å². The largest absolute Gasteiger partial charge is 0.488 e. The molecule has 0 spiro atoms. The van der Waals surface area contributed by atoms with E-state index in [1.807, 2.05) is 74.5 Å². The topological polar surface area (TPSA) is 90.4 Å². The second-order valence-corrected chi connectivity index (χ2v) is 10.6. The van der Waals surface area contributed by atoms with Crippen LogP contribution in [0.1, 0.15) is 13.8 Å². The van der Waals surface area contributed by atoms with Crippen molar-refractivity contribution in [2.75, 3.05) is 66.1 Å². The Bertz CT molecular complexity index is 1290. The van der Waals surface area contributed by atoms with Crippen LogP contribution < -0.4 is 9.47 Å². The van der Waals surface area contributed by atoms with Crippen LogP contribution in [0.2, 0.25) is 0 Å². The van der Waals surface area contributed by atoms with Crippen LogP contribution in [0, 0.1) is 0 Å². The standard InChI is InChI=1S/C32H38N2O7/c1-31(23-38-27-11-3-7-25-9-5-13-33-29(25)27)21-36-15-16-37-22-32(2,41-20-18-35-17-19-40-31)24-39-28-12-4-8-26-10-6-14-34-30(26)28/h3-14H,15-24H2,1-2H3/t31-,32-/m0/s1. The van der Waals surface area contributed by atoms with Gasteiger partial charge in [-0.1, -0.05) is 36.4 Å². The van der Waals surface area contributed by atoms with Crippen LogP contribution in [0.3, 0.4) is 0 Å². The van der Waals surface area contributed by atoms with Gasteiger partial charge in [-0.15, -0.1) is 0 Å². The highest BCUT2D eigenvalue weighted by Gasteiger charge is 2.29. The fourth-order valence-electron chi connectivity index (χ4n) is 4.59. The van der Waals surface area contributed by atoms with Crippen molar-refractivity contribution in [1.29, 1.82) is 0 Å². The van der Waals surface area contributed by atoms with Crippen molar-refractivity contribution >= 4 is 21.8 Å². The number of fused-ring (bicyclic) bond motifs is 2. The van der Waals surface area contributed by atoms with E-state index in [-0.39, 0.29) is 0 Å². The van der Waals surface area contributed by atoms with Crippen LogP contribution in [-0.4, -0.2) is 87.2 Å². The van der Waals surface area contributed by atoms with Gasteiger partial charge in [0.15, 0.2) is 0 Å². The van der Waals surface area contributed by atoms with Crippen molar-refractivity contribution < 1.29 is 33.2 Å².